The molecule has 0 saturated heterocycles. The molecule has 9 heteroatoms. The highest BCUT2D eigenvalue weighted by Crippen LogP contribution is 2.37. The Bertz CT molecular complexity index is 1440. The average molecular weight is 514 g/mol. The normalized spacial score (nSPS) is 22.0. The number of benzene rings is 2. The Morgan fingerprint density at radius 1 is 1.11 bits per heavy atom. The highest BCUT2D eigenvalue weighted by Gasteiger charge is 2.45. The molecule has 1 N–H and O–H groups in total. The summed E-state index contributed by atoms with van der Waals surface area (Å²) in [5, 5.41) is -0.550. The molecule has 2 aliphatic rings. The second-order valence-corrected chi connectivity index (χ2v) is 12.0. The summed E-state index contributed by atoms with van der Waals surface area (Å²) in [6.45, 7) is 3.67. The topological polar surface area (TPSA) is 81.1 Å². The highest BCUT2D eigenvalue weighted by molar-refractivity contribution is 7.90. The number of nitrogens with zero attached hydrogens (tertiary/aromatic N) is 2. The van der Waals surface area contributed by atoms with Gasteiger partial charge in [0.15, 0.2) is 0 Å². The van der Waals surface area contributed by atoms with E-state index in [0.717, 1.165) is 0 Å². The first-order valence-corrected chi connectivity index (χ1v) is 13.8. The molecular weight excluding hydrogens is 484 g/mol. The molecule has 0 unspecified atom stereocenters. The minimum atomic E-state index is -3.76. The van der Waals surface area contributed by atoms with Gasteiger partial charge in [-0.1, -0.05) is 48.5 Å². The van der Waals surface area contributed by atoms with Gasteiger partial charge in [-0.3, -0.25) is 9.36 Å². The molecule has 5 rings (SSSR count). The van der Waals surface area contributed by atoms with Gasteiger partial charge in [-0.15, -0.1) is 0 Å². The molecule has 1 fully saturated rings. The summed E-state index contributed by atoms with van der Waals surface area (Å²) in [4.78, 5) is 17.9. The van der Waals surface area contributed by atoms with E-state index in [-0.39, 0.29) is 35.6 Å². The van der Waals surface area contributed by atoms with Crippen molar-refractivity contribution in [2.45, 2.75) is 69.0 Å². The molecule has 2 aliphatic carbocycles. The molecule has 1 aromatic heterocycles. The van der Waals surface area contributed by atoms with Crippen LogP contribution in [0.1, 0.15) is 55.5 Å². The lowest BCUT2D eigenvalue weighted by Crippen LogP contribution is -2.52. The fraction of sp³-hybridized carbons (Fsp3) is 0.407. The zero-order valence-electron chi connectivity index (χ0n) is 20.2. The van der Waals surface area contributed by atoms with Crippen LogP contribution in [0.25, 0.3) is 11.1 Å². The molecule has 0 amide bonds. The predicted molar refractivity (Wildman–Crippen MR) is 135 cm³/mol. The fourth-order valence-corrected chi connectivity index (χ4v) is 6.67. The van der Waals surface area contributed by atoms with Gasteiger partial charge in [-0.25, -0.2) is 26.9 Å². The molecule has 6 nitrogen and oxygen atoms in total. The number of sulfonamides is 1. The zero-order chi connectivity index (χ0) is 25.6. The molecule has 3 atom stereocenters. The summed E-state index contributed by atoms with van der Waals surface area (Å²) >= 11 is 0. The molecule has 190 valence electrons. The second-order valence-electron chi connectivity index (χ2n) is 9.97. The fourth-order valence-electron chi connectivity index (χ4n) is 5.03. The number of fused-ring (bicyclic) bond motifs is 1. The van der Waals surface area contributed by atoms with E-state index in [1.165, 1.54) is 10.9 Å². The summed E-state index contributed by atoms with van der Waals surface area (Å²) in [6.07, 6.45) is 0.631. The summed E-state index contributed by atoms with van der Waals surface area (Å²) in [7, 11) is -3.76. The van der Waals surface area contributed by atoms with Crippen LogP contribution < -0.4 is 10.3 Å². The van der Waals surface area contributed by atoms with E-state index in [0.29, 0.717) is 29.7 Å². The van der Waals surface area contributed by atoms with Crippen molar-refractivity contribution >= 4 is 10.0 Å². The van der Waals surface area contributed by atoms with Gasteiger partial charge in [0.25, 0.3) is 5.56 Å². The second kappa shape index (κ2) is 9.52. The van der Waals surface area contributed by atoms with E-state index in [1.54, 1.807) is 30.3 Å². The van der Waals surface area contributed by atoms with Crippen molar-refractivity contribution in [3.05, 3.63) is 87.9 Å². The van der Waals surface area contributed by atoms with Gasteiger partial charge in [0.1, 0.15) is 12.0 Å². The number of rotatable bonds is 7. The van der Waals surface area contributed by atoms with E-state index in [2.05, 4.69) is 9.71 Å². The van der Waals surface area contributed by atoms with Crippen LogP contribution in [0, 0.1) is 5.82 Å². The van der Waals surface area contributed by atoms with Gasteiger partial charge in [0.05, 0.1) is 23.3 Å². The Hall–Kier alpha value is -2.91. The Labute approximate surface area is 209 Å². The van der Waals surface area contributed by atoms with Crippen molar-refractivity contribution in [2.75, 3.05) is 0 Å². The highest BCUT2D eigenvalue weighted by atomic mass is 32.2. The third kappa shape index (κ3) is 4.62. The molecule has 0 spiro atoms. The first kappa shape index (κ1) is 24.8. The third-order valence-corrected chi connectivity index (χ3v) is 9.07. The maximum atomic E-state index is 15.8. The van der Waals surface area contributed by atoms with Gasteiger partial charge in [-0.2, -0.15) is 0 Å². The van der Waals surface area contributed by atoms with Gasteiger partial charge in [0.2, 0.25) is 10.0 Å². The van der Waals surface area contributed by atoms with E-state index in [4.69, 9.17) is 0 Å². The number of nitrogens with one attached hydrogen (secondary N) is 1. The number of hydrogen-bond acceptors (Lipinski definition) is 4. The van der Waals surface area contributed by atoms with Crippen LogP contribution in [0.5, 0.6) is 0 Å². The Morgan fingerprint density at radius 2 is 1.83 bits per heavy atom. The Morgan fingerprint density at radius 3 is 2.50 bits per heavy atom. The monoisotopic (exact) mass is 513 g/mol. The summed E-state index contributed by atoms with van der Waals surface area (Å²) in [5.74, 6) is -1.38. The number of hydrogen-bond donors (Lipinski definition) is 1. The van der Waals surface area contributed by atoms with Gasteiger partial charge >= 0.3 is 0 Å². The van der Waals surface area contributed by atoms with Crippen LogP contribution in [0.2, 0.25) is 0 Å². The van der Waals surface area contributed by atoms with Crippen LogP contribution in [0.4, 0.5) is 8.78 Å². The molecule has 3 aromatic rings. The first-order chi connectivity index (χ1) is 17.2. The molecular formula is C27H29F2N3O3S. The van der Waals surface area contributed by atoms with Crippen LogP contribution >= 0.6 is 0 Å². The summed E-state index contributed by atoms with van der Waals surface area (Å²) in [6, 6.07) is 12.7. The number of alkyl halides is 1. The van der Waals surface area contributed by atoms with Crippen molar-refractivity contribution in [2.24, 2.45) is 0 Å². The molecule has 0 bridgehead atoms. The van der Waals surface area contributed by atoms with Crippen LogP contribution in [0.3, 0.4) is 0 Å². The third-order valence-electron chi connectivity index (χ3n) is 7.12. The van der Waals surface area contributed by atoms with Crippen LogP contribution in [0.15, 0.2) is 59.7 Å². The zero-order valence-corrected chi connectivity index (χ0v) is 21.0. The SMILES string of the molecule is CC(C)n1cnc2c(c1=O)[C@@H](Cc1cccc(-c3ccccc3)c1F)[C@@H](NS(=O)(=O)C1CC1)[C@H](F)C2. The number of aromatic nitrogens is 2. The van der Waals surface area contributed by atoms with Crippen molar-refractivity contribution in [3.8, 4) is 11.1 Å². The van der Waals surface area contributed by atoms with Gasteiger partial charge < -0.3 is 0 Å². The van der Waals surface area contributed by atoms with Crippen molar-refractivity contribution in [3.63, 3.8) is 0 Å². The molecule has 0 radical (unpaired) electrons. The predicted octanol–water partition coefficient (Wildman–Crippen LogP) is 4.30. The first-order valence-electron chi connectivity index (χ1n) is 12.2. The van der Waals surface area contributed by atoms with E-state index in [9.17, 15) is 13.2 Å². The van der Waals surface area contributed by atoms with E-state index >= 15 is 8.78 Å². The van der Waals surface area contributed by atoms with Crippen LogP contribution in [-0.2, 0) is 22.9 Å². The lowest BCUT2D eigenvalue weighted by Gasteiger charge is -2.36. The quantitative estimate of drug-likeness (QED) is 0.511. The van der Waals surface area contributed by atoms with Gasteiger partial charge in [0, 0.05) is 29.5 Å². The largest absolute Gasteiger partial charge is 0.296 e. The molecule has 0 aliphatic heterocycles. The maximum Gasteiger partial charge on any atom is 0.257 e. The minimum absolute atomic E-state index is 0.0448. The van der Waals surface area contributed by atoms with E-state index in [1.807, 2.05) is 32.0 Å². The standard InChI is InChI=1S/C27H29F2N3O3S/c1-16(2)32-15-30-23-14-22(28)26(31-36(34,35)19-11-12-19)21(24(23)27(32)33)13-18-9-6-10-20(25(18)29)17-7-4-3-5-8-17/h3-10,15-16,19,21-22,26,31H,11-14H2,1-2H3/t21-,22-,26-/m1/s1. The Kier molecular flexibility index (Phi) is 6.55. The summed E-state index contributed by atoms with van der Waals surface area (Å²) in [5.41, 5.74) is 1.59. The lowest BCUT2D eigenvalue weighted by molar-refractivity contribution is 0.220. The Balaban J connectivity index is 1.62. The maximum absolute atomic E-state index is 15.8. The minimum Gasteiger partial charge on any atom is -0.296 e. The molecule has 2 aromatic carbocycles. The van der Waals surface area contributed by atoms with Crippen molar-refractivity contribution in [1.29, 1.82) is 0 Å². The molecule has 36 heavy (non-hydrogen) atoms. The average Bonchev–Trinajstić information content (AvgIpc) is 3.69. The lowest BCUT2D eigenvalue weighted by atomic mass is 9.77. The smallest absolute Gasteiger partial charge is 0.257 e. The summed E-state index contributed by atoms with van der Waals surface area (Å²) < 4.78 is 61.0. The van der Waals surface area contributed by atoms with E-state index < -0.39 is 39.2 Å². The van der Waals surface area contributed by atoms with Crippen molar-refractivity contribution in [1.82, 2.24) is 14.3 Å². The van der Waals surface area contributed by atoms with Crippen molar-refractivity contribution < 1.29 is 17.2 Å². The molecule has 1 heterocycles. The van der Waals surface area contributed by atoms with Gasteiger partial charge in [-0.05, 0) is 44.2 Å². The molecule has 1 saturated carbocycles. The van der Waals surface area contributed by atoms with Crippen LogP contribution in [-0.4, -0.2) is 35.4 Å². The number of halogens is 2.